The van der Waals surface area contributed by atoms with Gasteiger partial charge in [-0.15, -0.1) is 0 Å². The fourth-order valence-electron chi connectivity index (χ4n) is 2.49. The van der Waals surface area contributed by atoms with E-state index in [1.807, 2.05) is 12.1 Å². The number of anilines is 1. The number of nitrogens with one attached hydrogen (secondary N) is 1. The predicted molar refractivity (Wildman–Crippen MR) is 80.5 cm³/mol. The van der Waals surface area contributed by atoms with Crippen molar-refractivity contribution in [3.8, 4) is 0 Å². The highest BCUT2D eigenvalue weighted by molar-refractivity contribution is 6.33. The van der Waals surface area contributed by atoms with Crippen molar-refractivity contribution in [2.75, 3.05) is 24.5 Å². The van der Waals surface area contributed by atoms with Crippen LogP contribution in [0, 0.1) is 5.92 Å². The average Bonchev–Trinajstić information content (AvgIpc) is 2.45. The molecule has 0 saturated carbocycles. The Morgan fingerprint density at radius 3 is 2.70 bits per heavy atom. The fourth-order valence-corrected chi connectivity index (χ4v) is 2.71. The summed E-state index contributed by atoms with van der Waals surface area (Å²) in [6, 6.07) is 5.54. The SMILES string of the molecule is CC(=O)NCC1CCN(c2ccc(C=O)c(Cl)c2)CC1. The molecule has 0 radical (unpaired) electrons. The van der Waals surface area contributed by atoms with Crippen LogP contribution < -0.4 is 10.2 Å². The maximum absolute atomic E-state index is 10.9. The van der Waals surface area contributed by atoms with Crippen molar-refractivity contribution >= 4 is 29.5 Å². The Kier molecular flexibility index (Phi) is 5.01. The monoisotopic (exact) mass is 294 g/mol. The number of piperidine rings is 1. The van der Waals surface area contributed by atoms with Gasteiger partial charge in [0.1, 0.15) is 0 Å². The summed E-state index contributed by atoms with van der Waals surface area (Å²) < 4.78 is 0. The number of amides is 1. The minimum Gasteiger partial charge on any atom is -0.371 e. The van der Waals surface area contributed by atoms with Gasteiger partial charge in [-0.3, -0.25) is 9.59 Å². The van der Waals surface area contributed by atoms with Gasteiger partial charge < -0.3 is 10.2 Å². The highest BCUT2D eigenvalue weighted by atomic mass is 35.5. The molecular weight excluding hydrogens is 276 g/mol. The molecule has 0 unspecified atom stereocenters. The topological polar surface area (TPSA) is 49.4 Å². The van der Waals surface area contributed by atoms with E-state index in [2.05, 4.69) is 10.2 Å². The lowest BCUT2D eigenvalue weighted by Crippen LogP contribution is -2.38. The summed E-state index contributed by atoms with van der Waals surface area (Å²) in [7, 11) is 0. The quantitative estimate of drug-likeness (QED) is 0.868. The number of carbonyl (C=O) groups excluding carboxylic acids is 2. The number of hydrogen-bond acceptors (Lipinski definition) is 3. The van der Waals surface area contributed by atoms with Crippen LogP contribution in [0.4, 0.5) is 5.69 Å². The molecule has 5 heteroatoms. The standard InChI is InChI=1S/C15H19ClN2O2/c1-11(20)17-9-12-4-6-18(7-5-12)14-3-2-13(10-19)15(16)8-14/h2-3,8,10,12H,4-7,9H2,1H3,(H,17,20). The Balaban J connectivity index is 1.91. The van der Waals surface area contributed by atoms with E-state index < -0.39 is 0 Å². The van der Waals surface area contributed by atoms with Gasteiger partial charge in [0, 0.05) is 37.8 Å². The van der Waals surface area contributed by atoms with Crippen LogP contribution in [0.2, 0.25) is 5.02 Å². The molecule has 1 aliphatic heterocycles. The van der Waals surface area contributed by atoms with Crippen LogP contribution in [0.25, 0.3) is 0 Å². The minimum absolute atomic E-state index is 0.0312. The van der Waals surface area contributed by atoms with Gasteiger partial charge in [-0.05, 0) is 37.0 Å². The highest BCUT2D eigenvalue weighted by Crippen LogP contribution is 2.26. The Morgan fingerprint density at radius 2 is 2.15 bits per heavy atom. The van der Waals surface area contributed by atoms with Gasteiger partial charge in [0.2, 0.25) is 5.91 Å². The molecule has 0 aromatic heterocycles. The van der Waals surface area contributed by atoms with Crippen molar-refractivity contribution in [2.24, 2.45) is 5.92 Å². The second-order valence-corrected chi connectivity index (χ2v) is 5.60. The lowest BCUT2D eigenvalue weighted by atomic mass is 9.96. The molecule has 2 rings (SSSR count). The fraction of sp³-hybridized carbons (Fsp3) is 0.467. The smallest absolute Gasteiger partial charge is 0.216 e. The summed E-state index contributed by atoms with van der Waals surface area (Å²) in [5, 5.41) is 3.37. The predicted octanol–water partition coefficient (Wildman–Crippen LogP) is 2.51. The highest BCUT2D eigenvalue weighted by Gasteiger charge is 2.20. The molecular formula is C15H19ClN2O2. The number of rotatable bonds is 4. The maximum Gasteiger partial charge on any atom is 0.216 e. The molecule has 108 valence electrons. The largest absolute Gasteiger partial charge is 0.371 e. The van der Waals surface area contributed by atoms with E-state index in [-0.39, 0.29) is 5.91 Å². The Bertz CT molecular complexity index is 497. The second-order valence-electron chi connectivity index (χ2n) is 5.19. The normalized spacial score (nSPS) is 16.0. The number of carbonyl (C=O) groups is 2. The number of benzene rings is 1. The van der Waals surface area contributed by atoms with E-state index in [9.17, 15) is 9.59 Å². The van der Waals surface area contributed by atoms with Crippen molar-refractivity contribution in [2.45, 2.75) is 19.8 Å². The molecule has 1 saturated heterocycles. The Hall–Kier alpha value is -1.55. The lowest BCUT2D eigenvalue weighted by Gasteiger charge is -2.33. The van der Waals surface area contributed by atoms with E-state index >= 15 is 0 Å². The van der Waals surface area contributed by atoms with E-state index in [0.717, 1.165) is 44.4 Å². The first-order valence-corrected chi connectivity index (χ1v) is 7.22. The molecule has 1 amide bonds. The summed E-state index contributed by atoms with van der Waals surface area (Å²) in [4.78, 5) is 23.9. The average molecular weight is 295 g/mol. The zero-order valence-electron chi connectivity index (χ0n) is 11.6. The van der Waals surface area contributed by atoms with Gasteiger partial charge in [0.05, 0.1) is 5.02 Å². The number of hydrogen-bond donors (Lipinski definition) is 1. The molecule has 1 aliphatic rings. The molecule has 0 bridgehead atoms. The summed E-state index contributed by atoms with van der Waals surface area (Å²) in [5.74, 6) is 0.573. The number of aldehydes is 1. The van der Waals surface area contributed by atoms with Crippen molar-refractivity contribution in [1.29, 1.82) is 0 Å². The van der Waals surface area contributed by atoms with Crippen molar-refractivity contribution in [1.82, 2.24) is 5.32 Å². The van der Waals surface area contributed by atoms with Crippen LogP contribution in [-0.2, 0) is 4.79 Å². The molecule has 20 heavy (non-hydrogen) atoms. The molecule has 0 atom stereocenters. The molecule has 4 nitrogen and oxygen atoms in total. The van der Waals surface area contributed by atoms with Crippen molar-refractivity contribution in [3.63, 3.8) is 0 Å². The first-order chi connectivity index (χ1) is 9.60. The third-order valence-electron chi connectivity index (χ3n) is 3.73. The molecule has 1 aromatic rings. The minimum atomic E-state index is 0.0312. The number of nitrogens with zero attached hydrogens (tertiary/aromatic N) is 1. The van der Waals surface area contributed by atoms with Crippen molar-refractivity contribution in [3.05, 3.63) is 28.8 Å². The van der Waals surface area contributed by atoms with Crippen LogP contribution >= 0.6 is 11.6 Å². The van der Waals surface area contributed by atoms with Crippen LogP contribution in [0.1, 0.15) is 30.1 Å². The zero-order valence-corrected chi connectivity index (χ0v) is 12.3. The Morgan fingerprint density at radius 1 is 1.45 bits per heavy atom. The summed E-state index contributed by atoms with van der Waals surface area (Å²) in [6.07, 6.45) is 2.87. The van der Waals surface area contributed by atoms with Gasteiger partial charge in [0.15, 0.2) is 6.29 Å². The van der Waals surface area contributed by atoms with Crippen LogP contribution in [-0.4, -0.2) is 31.8 Å². The molecule has 1 aromatic carbocycles. The number of halogens is 1. The van der Waals surface area contributed by atoms with E-state index in [0.29, 0.717) is 16.5 Å². The zero-order chi connectivity index (χ0) is 14.5. The molecule has 0 aliphatic carbocycles. The molecule has 1 N–H and O–H groups in total. The summed E-state index contributed by atoms with van der Waals surface area (Å²) >= 11 is 6.06. The van der Waals surface area contributed by atoms with Crippen LogP contribution in [0.5, 0.6) is 0 Å². The van der Waals surface area contributed by atoms with Crippen molar-refractivity contribution < 1.29 is 9.59 Å². The summed E-state index contributed by atoms with van der Waals surface area (Å²) in [6.45, 7) is 4.20. The molecule has 1 heterocycles. The van der Waals surface area contributed by atoms with E-state index in [4.69, 9.17) is 11.6 Å². The first kappa shape index (κ1) is 14.9. The van der Waals surface area contributed by atoms with Gasteiger partial charge in [0.25, 0.3) is 0 Å². The van der Waals surface area contributed by atoms with E-state index in [1.165, 1.54) is 0 Å². The summed E-state index contributed by atoms with van der Waals surface area (Å²) in [5.41, 5.74) is 1.58. The second kappa shape index (κ2) is 6.75. The van der Waals surface area contributed by atoms with Gasteiger partial charge in [-0.2, -0.15) is 0 Å². The Labute approximate surface area is 124 Å². The van der Waals surface area contributed by atoms with E-state index in [1.54, 1.807) is 13.0 Å². The first-order valence-electron chi connectivity index (χ1n) is 6.84. The lowest BCUT2D eigenvalue weighted by molar-refractivity contribution is -0.119. The van der Waals surface area contributed by atoms with Gasteiger partial charge in [-0.1, -0.05) is 11.6 Å². The molecule has 1 fully saturated rings. The van der Waals surface area contributed by atoms with Gasteiger partial charge in [-0.25, -0.2) is 0 Å². The maximum atomic E-state index is 10.9. The van der Waals surface area contributed by atoms with Crippen LogP contribution in [0.15, 0.2) is 18.2 Å². The molecule has 0 spiro atoms. The third kappa shape index (κ3) is 3.73. The van der Waals surface area contributed by atoms with Gasteiger partial charge >= 0.3 is 0 Å². The third-order valence-corrected chi connectivity index (χ3v) is 4.06. The van der Waals surface area contributed by atoms with Crippen LogP contribution in [0.3, 0.4) is 0 Å².